The maximum Gasteiger partial charge on any atom is 0.263 e. The number of hydrogen-bond donors (Lipinski definition) is 4. The second-order valence-electron chi connectivity index (χ2n) is 9.00. The number of aliphatic hydroxyl groups is 2. The number of carbonyl (C=O) groups excluding carboxylic acids is 1. The summed E-state index contributed by atoms with van der Waals surface area (Å²) in [7, 11) is 1.62. The molecule has 10 nitrogen and oxygen atoms in total. The van der Waals surface area contributed by atoms with Gasteiger partial charge in [0.1, 0.15) is 5.75 Å². The maximum atomic E-state index is 11.5. The molecule has 1 saturated heterocycles. The van der Waals surface area contributed by atoms with Crippen LogP contribution < -0.4 is 20.1 Å². The summed E-state index contributed by atoms with van der Waals surface area (Å²) in [5.41, 5.74) is 2.45. The minimum absolute atomic E-state index is 0.0268. The van der Waals surface area contributed by atoms with E-state index in [1.807, 2.05) is 23.1 Å². The average Bonchev–Trinajstić information content (AvgIpc) is 2.87. The molecule has 2 aromatic heterocycles. The zero-order chi connectivity index (χ0) is 25.2. The number of piperidine rings is 1. The van der Waals surface area contributed by atoms with Crippen molar-refractivity contribution in [3.8, 4) is 11.5 Å². The number of benzene rings is 1. The molecular weight excluding hydrogens is 486 g/mol. The molecule has 1 fully saturated rings. The lowest BCUT2D eigenvalue weighted by atomic mass is 9.97. The summed E-state index contributed by atoms with van der Waals surface area (Å²) in [5, 5.41) is 29.0. The summed E-state index contributed by atoms with van der Waals surface area (Å²) in [5.74, 6) is 1.38. The largest absolute Gasteiger partial charge is 0.497 e. The molecule has 3 aromatic rings. The SMILES string of the molecule is COc1ccc2ncc(Cl)c(CCN3C[C@@H](O)C(NCc4ccc5c(n4)NC(=O)CO5)[C@@H](O)C3)c2c1. The molecule has 3 atom stereocenters. The van der Waals surface area contributed by atoms with E-state index in [9.17, 15) is 15.0 Å². The normalized spacial score (nSPS) is 22.1. The van der Waals surface area contributed by atoms with E-state index in [0.29, 0.717) is 54.9 Å². The Morgan fingerprint density at radius 1 is 1.25 bits per heavy atom. The average molecular weight is 514 g/mol. The Balaban J connectivity index is 1.20. The second kappa shape index (κ2) is 10.5. The van der Waals surface area contributed by atoms with E-state index in [0.717, 1.165) is 22.2 Å². The van der Waals surface area contributed by atoms with Gasteiger partial charge in [-0.25, -0.2) is 4.98 Å². The van der Waals surface area contributed by atoms with E-state index in [1.165, 1.54) is 0 Å². The van der Waals surface area contributed by atoms with Crippen molar-refractivity contribution < 1.29 is 24.5 Å². The Labute approximate surface area is 213 Å². The molecule has 1 aromatic carbocycles. The number of fused-ring (bicyclic) bond motifs is 2. The first-order valence-electron chi connectivity index (χ1n) is 11.8. The van der Waals surface area contributed by atoms with E-state index in [4.69, 9.17) is 21.1 Å². The van der Waals surface area contributed by atoms with Gasteiger partial charge in [0.15, 0.2) is 18.2 Å². The Hall–Kier alpha value is -3.02. The molecule has 0 saturated carbocycles. The second-order valence-corrected chi connectivity index (χ2v) is 9.41. The first-order chi connectivity index (χ1) is 17.4. The van der Waals surface area contributed by atoms with Crippen LogP contribution in [0.1, 0.15) is 11.3 Å². The summed E-state index contributed by atoms with van der Waals surface area (Å²) in [6.45, 7) is 1.72. The van der Waals surface area contributed by atoms with E-state index in [-0.39, 0.29) is 12.5 Å². The first kappa shape index (κ1) is 24.7. The van der Waals surface area contributed by atoms with Gasteiger partial charge in [0.25, 0.3) is 5.91 Å². The summed E-state index contributed by atoms with van der Waals surface area (Å²) >= 11 is 6.48. The summed E-state index contributed by atoms with van der Waals surface area (Å²) in [6.07, 6.45) is 0.728. The minimum atomic E-state index is -0.779. The van der Waals surface area contributed by atoms with Crippen LogP contribution in [0.25, 0.3) is 10.9 Å². The smallest absolute Gasteiger partial charge is 0.263 e. The van der Waals surface area contributed by atoms with Gasteiger partial charge in [0.2, 0.25) is 0 Å². The molecule has 2 aliphatic heterocycles. The Morgan fingerprint density at radius 3 is 2.83 bits per heavy atom. The Bertz CT molecular complexity index is 1260. The van der Waals surface area contributed by atoms with Crippen LogP contribution in [0.4, 0.5) is 5.82 Å². The van der Waals surface area contributed by atoms with Crippen molar-refractivity contribution in [3.63, 3.8) is 0 Å². The predicted octanol–water partition coefficient (Wildman–Crippen LogP) is 1.36. The van der Waals surface area contributed by atoms with Crippen molar-refractivity contribution in [1.82, 2.24) is 20.2 Å². The highest BCUT2D eigenvalue weighted by Gasteiger charge is 2.34. The number of aromatic nitrogens is 2. The Morgan fingerprint density at radius 2 is 2.06 bits per heavy atom. The third kappa shape index (κ3) is 5.23. The van der Waals surface area contributed by atoms with Gasteiger partial charge in [-0.1, -0.05) is 11.6 Å². The van der Waals surface area contributed by atoms with Crippen LogP contribution in [-0.2, 0) is 17.8 Å². The van der Waals surface area contributed by atoms with Crippen LogP contribution >= 0.6 is 11.6 Å². The number of aliphatic hydroxyl groups excluding tert-OH is 2. The number of hydrogen-bond acceptors (Lipinski definition) is 9. The molecule has 1 unspecified atom stereocenters. The number of ether oxygens (including phenoxy) is 2. The number of carbonyl (C=O) groups is 1. The number of anilines is 1. The van der Waals surface area contributed by atoms with Crippen LogP contribution in [0.3, 0.4) is 0 Å². The number of rotatable bonds is 7. The molecule has 5 rings (SSSR count). The molecule has 2 aliphatic rings. The zero-order valence-electron chi connectivity index (χ0n) is 19.8. The molecule has 0 radical (unpaired) electrons. The fraction of sp³-hybridized carbons (Fsp3) is 0.400. The third-order valence-corrected chi connectivity index (χ3v) is 6.91. The van der Waals surface area contributed by atoms with Gasteiger partial charge in [0, 0.05) is 37.8 Å². The number of β-amino-alcohol motifs (C(OH)–C–C–N with tert-alkyl or cyclic N) is 2. The number of nitrogens with zero attached hydrogens (tertiary/aromatic N) is 3. The van der Waals surface area contributed by atoms with E-state index in [2.05, 4.69) is 20.6 Å². The monoisotopic (exact) mass is 513 g/mol. The van der Waals surface area contributed by atoms with Crippen molar-refractivity contribution >= 4 is 34.2 Å². The maximum absolute atomic E-state index is 11.5. The van der Waals surface area contributed by atoms with Gasteiger partial charge in [-0.2, -0.15) is 0 Å². The first-order valence-corrected chi connectivity index (χ1v) is 12.1. The predicted molar refractivity (Wildman–Crippen MR) is 134 cm³/mol. The van der Waals surface area contributed by atoms with Crippen molar-refractivity contribution in [1.29, 1.82) is 0 Å². The van der Waals surface area contributed by atoms with Crippen molar-refractivity contribution in [3.05, 3.63) is 52.8 Å². The third-order valence-electron chi connectivity index (χ3n) is 6.58. The molecule has 4 N–H and O–H groups in total. The summed E-state index contributed by atoms with van der Waals surface area (Å²) < 4.78 is 10.7. The lowest BCUT2D eigenvalue weighted by Crippen LogP contribution is -2.60. The standard InChI is InChI=1S/C25H28ClN5O5/c1-35-15-3-4-19-17(8-15)16(18(26)10-27-19)6-7-31-11-20(32)24(21(33)12-31)28-9-14-2-5-22-25(29-14)30-23(34)13-36-22/h2-5,8,10,20-21,24,28,32-33H,6-7,9,11-13H2,1H3,(H,29,30,34)/t20-,21+,24?. The summed E-state index contributed by atoms with van der Waals surface area (Å²) in [4.78, 5) is 22.4. The van der Waals surface area contributed by atoms with Crippen molar-refractivity contribution in [2.75, 3.05) is 38.7 Å². The number of pyridine rings is 2. The molecule has 0 bridgehead atoms. The van der Waals surface area contributed by atoms with E-state index < -0.39 is 18.2 Å². The number of nitrogens with one attached hydrogen (secondary N) is 2. The van der Waals surface area contributed by atoms with Crippen LogP contribution in [-0.4, -0.2) is 82.6 Å². The van der Waals surface area contributed by atoms with Gasteiger partial charge in [-0.05, 0) is 42.3 Å². The molecule has 4 heterocycles. The molecule has 0 aliphatic carbocycles. The molecular formula is C25H28ClN5O5. The molecule has 190 valence electrons. The van der Waals surface area contributed by atoms with E-state index >= 15 is 0 Å². The van der Waals surface area contributed by atoms with Crippen molar-refractivity contribution in [2.24, 2.45) is 0 Å². The number of halogens is 1. The molecule has 0 spiro atoms. The van der Waals surface area contributed by atoms with Crippen molar-refractivity contribution in [2.45, 2.75) is 31.2 Å². The van der Waals surface area contributed by atoms with Crippen LogP contribution in [0, 0.1) is 0 Å². The quantitative estimate of drug-likeness (QED) is 0.370. The number of amides is 1. The van der Waals surface area contributed by atoms with Crippen LogP contribution in [0.15, 0.2) is 36.5 Å². The lowest BCUT2D eigenvalue weighted by molar-refractivity contribution is -0.118. The molecule has 36 heavy (non-hydrogen) atoms. The number of methoxy groups -OCH3 is 1. The van der Waals surface area contributed by atoms with E-state index in [1.54, 1.807) is 25.4 Å². The lowest BCUT2D eigenvalue weighted by Gasteiger charge is -2.40. The molecule has 11 heteroatoms. The van der Waals surface area contributed by atoms with Gasteiger partial charge in [0.05, 0.1) is 41.6 Å². The van der Waals surface area contributed by atoms with Gasteiger partial charge >= 0.3 is 0 Å². The van der Waals surface area contributed by atoms with Crippen LogP contribution in [0.2, 0.25) is 5.02 Å². The molecule has 1 amide bonds. The van der Waals surface area contributed by atoms with Gasteiger partial charge in [-0.3, -0.25) is 14.7 Å². The van der Waals surface area contributed by atoms with Gasteiger partial charge in [-0.15, -0.1) is 0 Å². The fourth-order valence-electron chi connectivity index (χ4n) is 4.72. The highest BCUT2D eigenvalue weighted by Crippen LogP contribution is 2.29. The zero-order valence-corrected chi connectivity index (χ0v) is 20.5. The number of likely N-dealkylation sites (tertiary alicyclic amines) is 1. The van der Waals surface area contributed by atoms with Crippen LogP contribution in [0.5, 0.6) is 11.5 Å². The Kier molecular flexibility index (Phi) is 7.22. The highest BCUT2D eigenvalue weighted by molar-refractivity contribution is 6.32. The minimum Gasteiger partial charge on any atom is -0.497 e. The summed E-state index contributed by atoms with van der Waals surface area (Å²) in [6, 6.07) is 8.71. The fourth-order valence-corrected chi connectivity index (χ4v) is 4.97. The van der Waals surface area contributed by atoms with Gasteiger partial charge < -0.3 is 30.3 Å². The topological polar surface area (TPSA) is 129 Å². The highest BCUT2D eigenvalue weighted by atomic mass is 35.5.